The summed E-state index contributed by atoms with van der Waals surface area (Å²) in [6.45, 7) is 1.08. The summed E-state index contributed by atoms with van der Waals surface area (Å²) in [5.74, 6) is 0.0507. The smallest absolute Gasteiger partial charge is 0.239 e. The first kappa shape index (κ1) is 19.6. The highest BCUT2D eigenvalue weighted by Gasteiger charge is 2.30. The Kier molecular flexibility index (Phi) is 7.55. The predicted octanol–water partition coefficient (Wildman–Crippen LogP) is 1.55. The molecule has 1 aromatic heterocycles. The van der Waals surface area contributed by atoms with E-state index in [1.165, 1.54) is 23.4 Å². The van der Waals surface area contributed by atoms with E-state index in [2.05, 4.69) is 10.3 Å². The lowest BCUT2D eigenvalue weighted by Crippen LogP contribution is -2.41. The van der Waals surface area contributed by atoms with E-state index >= 15 is 0 Å². The van der Waals surface area contributed by atoms with Crippen LogP contribution in [0.4, 0.5) is 0 Å². The molecule has 2 N–H and O–H groups in total. The number of halogens is 2. The van der Waals surface area contributed by atoms with Gasteiger partial charge in [-0.1, -0.05) is 0 Å². The maximum absolute atomic E-state index is 12.3. The molecule has 126 valence electrons. The van der Waals surface area contributed by atoms with E-state index in [0.29, 0.717) is 19.5 Å². The summed E-state index contributed by atoms with van der Waals surface area (Å²) in [6.07, 6.45) is 4.82. The number of carbonyl (C=O) groups is 1. The van der Waals surface area contributed by atoms with Gasteiger partial charge in [-0.2, -0.15) is 0 Å². The van der Waals surface area contributed by atoms with Gasteiger partial charge < -0.3 is 15.3 Å². The second-order valence-electron chi connectivity index (χ2n) is 5.73. The van der Waals surface area contributed by atoms with Crippen molar-refractivity contribution in [2.75, 3.05) is 13.6 Å². The number of hydrogen-bond acceptors (Lipinski definition) is 5. The molecule has 0 aromatic carbocycles. The highest BCUT2D eigenvalue weighted by atomic mass is 35.5. The van der Waals surface area contributed by atoms with Gasteiger partial charge in [0.15, 0.2) is 0 Å². The van der Waals surface area contributed by atoms with Gasteiger partial charge in [0.05, 0.1) is 24.4 Å². The highest BCUT2D eigenvalue weighted by molar-refractivity contribution is 7.11. The number of carbonyl (C=O) groups excluding carboxylic acids is 1. The summed E-state index contributed by atoms with van der Waals surface area (Å²) in [4.78, 5) is 20.1. The number of hydrogen-bond donors (Lipinski definition) is 2. The molecule has 1 saturated heterocycles. The first-order valence-electron chi connectivity index (χ1n) is 7.27. The normalized spacial score (nSPS) is 23.2. The lowest BCUT2D eigenvalue weighted by Gasteiger charge is -2.19. The fourth-order valence-corrected chi connectivity index (χ4v) is 4.14. The van der Waals surface area contributed by atoms with Crippen molar-refractivity contribution < 1.29 is 9.90 Å². The Morgan fingerprint density at radius 2 is 2.14 bits per heavy atom. The maximum Gasteiger partial charge on any atom is 0.239 e. The number of aliphatic hydroxyl groups is 1. The SMILES string of the molecule is CN(Cc1nc2c(s1)CCCC2)C(=O)C1CC(O)CN1.Cl.Cl. The molecule has 2 unspecified atom stereocenters. The average molecular weight is 368 g/mol. The second-order valence-corrected chi connectivity index (χ2v) is 6.90. The van der Waals surface area contributed by atoms with Crippen LogP contribution in [-0.4, -0.2) is 46.6 Å². The van der Waals surface area contributed by atoms with Crippen LogP contribution in [0.1, 0.15) is 34.8 Å². The molecule has 1 aromatic rings. The molecule has 1 aliphatic heterocycles. The quantitative estimate of drug-likeness (QED) is 0.850. The molecule has 0 bridgehead atoms. The van der Waals surface area contributed by atoms with Gasteiger partial charge in [0.25, 0.3) is 0 Å². The van der Waals surface area contributed by atoms with Crippen molar-refractivity contribution >= 4 is 42.1 Å². The van der Waals surface area contributed by atoms with E-state index < -0.39 is 6.10 Å². The van der Waals surface area contributed by atoms with Gasteiger partial charge in [-0.05, 0) is 32.1 Å². The molecule has 0 saturated carbocycles. The van der Waals surface area contributed by atoms with Crippen LogP contribution in [0, 0.1) is 0 Å². The summed E-state index contributed by atoms with van der Waals surface area (Å²) in [5, 5.41) is 13.6. The Hall–Kier alpha value is -0.400. The molecule has 2 heterocycles. The number of amides is 1. The zero-order valence-electron chi connectivity index (χ0n) is 12.6. The fraction of sp³-hybridized carbons (Fsp3) is 0.714. The molecule has 2 atom stereocenters. The number of nitrogens with one attached hydrogen (secondary N) is 1. The van der Waals surface area contributed by atoms with E-state index in [1.54, 1.807) is 16.2 Å². The molecule has 0 radical (unpaired) electrons. The molecule has 1 aliphatic carbocycles. The number of aliphatic hydroxyl groups excluding tert-OH is 1. The molecule has 22 heavy (non-hydrogen) atoms. The van der Waals surface area contributed by atoms with Crippen molar-refractivity contribution in [3.05, 3.63) is 15.6 Å². The molecule has 3 rings (SSSR count). The second kappa shape index (κ2) is 8.45. The van der Waals surface area contributed by atoms with Gasteiger partial charge in [0, 0.05) is 18.5 Å². The van der Waals surface area contributed by atoms with Crippen LogP contribution in [0.15, 0.2) is 0 Å². The minimum atomic E-state index is -0.399. The Morgan fingerprint density at radius 1 is 1.41 bits per heavy atom. The summed E-state index contributed by atoms with van der Waals surface area (Å²) in [7, 11) is 1.81. The van der Waals surface area contributed by atoms with Gasteiger partial charge >= 0.3 is 0 Å². The summed E-state index contributed by atoms with van der Waals surface area (Å²) >= 11 is 1.75. The Labute approximate surface area is 147 Å². The number of nitrogens with zero attached hydrogens (tertiary/aromatic N) is 2. The van der Waals surface area contributed by atoms with Crippen molar-refractivity contribution in [1.29, 1.82) is 0 Å². The molecule has 8 heteroatoms. The van der Waals surface area contributed by atoms with E-state index in [0.717, 1.165) is 17.8 Å². The van der Waals surface area contributed by atoms with Crippen molar-refractivity contribution in [3.8, 4) is 0 Å². The number of fused-ring (bicyclic) bond motifs is 1. The molecular formula is C14H23Cl2N3O2S. The van der Waals surface area contributed by atoms with Gasteiger partial charge in [-0.3, -0.25) is 4.79 Å². The summed E-state index contributed by atoms with van der Waals surface area (Å²) in [6, 6.07) is -0.246. The molecule has 5 nitrogen and oxygen atoms in total. The first-order chi connectivity index (χ1) is 9.63. The number of thiazole rings is 1. The Bertz CT molecular complexity index is 489. The van der Waals surface area contributed by atoms with Crippen LogP contribution in [0.3, 0.4) is 0 Å². The van der Waals surface area contributed by atoms with E-state index in [1.807, 2.05) is 7.05 Å². The van der Waals surface area contributed by atoms with Gasteiger partial charge in [-0.15, -0.1) is 36.2 Å². The fourth-order valence-electron chi connectivity index (χ4n) is 2.93. The van der Waals surface area contributed by atoms with Gasteiger partial charge in [-0.25, -0.2) is 4.98 Å². The zero-order valence-corrected chi connectivity index (χ0v) is 15.0. The molecule has 0 spiro atoms. The van der Waals surface area contributed by atoms with E-state index in [4.69, 9.17) is 0 Å². The molecule has 1 fully saturated rings. The minimum absolute atomic E-state index is 0. The maximum atomic E-state index is 12.3. The van der Waals surface area contributed by atoms with Crippen molar-refractivity contribution in [3.63, 3.8) is 0 Å². The van der Waals surface area contributed by atoms with Crippen molar-refractivity contribution in [2.45, 2.75) is 50.8 Å². The third-order valence-corrected chi connectivity index (χ3v) is 5.19. The van der Waals surface area contributed by atoms with Crippen LogP contribution in [0.5, 0.6) is 0 Å². The minimum Gasteiger partial charge on any atom is -0.392 e. The number of rotatable bonds is 3. The third kappa shape index (κ3) is 4.32. The standard InChI is InChI=1S/C14H21N3O2S.2ClH/c1-17(14(19)11-6-9(18)7-15-11)8-13-16-10-4-2-3-5-12(10)20-13;;/h9,11,15,18H,2-8H2,1H3;2*1H. The van der Waals surface area contributed by atoms with Crippen LogP contribution in [0.25, 0.3) is 0 Å². The Balaban J connectivity index is 0.00000121. The third-order valence-electron chi connectivity index (χ3n) is 4.04. The summed E-state index contributed by atoms with van der Waals surface area (Å²) in [5.41, 5.74) is 1.24. The number of β-amino-alcohol motifs (C(OH)–C–C–N with tert-alkyl or cyclic N) is 1. The number of aromatic nitrogens is 1. The van der Waals surface area contributed by atoms with Gasteiger partial charge in [0.1, 0.15) is 5.01 Å². The van der Waals surface area contributed by atoms with Crippen LogP contribution >= 0.6 is 36.2 Å². The topological polar surface area (TPSA) is 65.5 Å². The van der Waals surface area contributed by atoms with Crippen molar-refractivity contribution in [2.24, 2.45) is 0 Å². The highest BCUT2D eigenvalue weighted by Crippen LogP contribution is 2.27. The predicted molar refractivity (Wildman–Crippen MR) is 92.1 cm³/mol. The monoisotopic (exact) mass is 367 g/mol. The van der Waals surface area contributed by atoms with Crippen LogP contribution in [0.2, 0.25) is 0 Å². The molecule has 2 aliphatic rings. The lowest BCUT2D eigenvalue weighted by molar-refractivity contribution is -0.132. The molecular weight excluding hydrogens is 345 g/mol. The summed E-state index contributed by atoms with van der Waals surface area (Å²) < 4.78 is 0. The average Bonchev–Trinajstić information content (AvgIpc) is 3.03. The Morgan fingerprint density at radius 3 is 2.77 bits per heavy atom. The van der Waals surface area contributed by atoms with Gasteiger partial charge in [0.2, 0.25) is 5.91 Å². The first-order valence-corrected chi connectivity index (χ1v) is 8.09. The number of likely N-dealkylation sites (N-methyl/N-ethyl adjacent to an activating group) is 1. The van der Waals surface area contributed by atoms with Crippen LogP contribution in [-0.2, 0) is 24.2 Å². The van der Waals surface area contributed by atoms with Crippen molar-refractivity contribution in [1.82, 2.24) is 15.2 Å². The van der Waals surface area contributed by atoms with E-state index in [-0.39, 0.29) is 36.8 Å². The van der Waals surface area contributed by atoms with E-state index in [9.17, 15) is 9.90 Å². The lowest BCUT2D eigenvalue weighted by atomic mass is 10.0. The largest absolute Gasteiger partial charge is 0.392 e. The zero-order chi connectivity index (χ0) is 14.1. The van der Waals surface area contributed by atoms with Crippen LogP contribution < -0.4 is 5.32 Å². The molecule has 1 amide bonds. The number of aryl methyl sites for hydroxylation is 2.